The fourth-order valence-electron chi connectivity index (χ4n) is 4.13. The lowest BCUT2D eigenvalue weighted by Gasteiger charge is -2.24. The zero-order valence-electron chi connectivity index (χ0n) is 22.8. The highest BCUT2D eigenvalue weighted by Crippen LogP contribution is 2.30. The first-order valence-electron chi connectivity index (χ1n) is 13.0. The number of rotatable bonds is 14. The van der Waals surface area contributed by atoms with Crippen molar-refractivity contribution in [2.45, 2.75) is 43.7 Å². The lowest BCUT2D eigenvalue weighted by Crippen LogP contribution is -2.51. The molecule has 2 amide bonds. The number of carbonyl (C=O) groups excluding carboxylic acids is 3. The fraction of sp³-hybridized carbons (Fsp3) is 0.423. The molecule has 0 aliphatic carbocycles. The predicted molar refractivity (Wildman–Crippen MR) is 144 cm³/mol. The molecule has 9 N–H and O–H groups in total. The second kappa shape index (κ2) is 15.3. The van der Waals surface area contributed by atoms with E-state index in [2.05, 4.69) is 5.32 Å². The highest BCUT2D eigenvalue weighted by molar-refractivity contribution is 6.58. The molecule has 0 aromatic heterocycles. The lowest BCUT2D eigenvalue weighted by atomic mass is 9.78. The van der Waals surface area contributed by atoms with E-state index < -0.39 is 78.6 Å². The van der Waals surface area contributed by atoms with Crippen molar-refractivity contribution in [1.29, 1.82) is 0 Å². The molecule has 0 bridgehead atoms. The lowest BCUT2D eigenvalue weighted by molar-refractivity contribution is -0.138. The number of alkyl halides is 6. The van der Waals surface area contributed by atoms with Crippen molar-refractivity contribution in [3.63, 3.8) is 0 Å². The van der Waals surface area contributed by atoms with Gasteiger partial charge in [0, 0.05) is 32.6 Å². The van der Waals surface area contributed by atoms with E-state index in [-0.39, 0.29) is 43.7 Å². The van der Waals surface area contributed by atoms with Crippen molar-refractivity contribution < 1.29 is 50.8 Å². The van der Waals surface area contributed by atoms with Crippen LogP contribution in [0.4, 0.5) is 26.3 Å². The van der Waals surface area contributed by atoms with Crippen LogP contribution in [0.3, 0.4) is 0 Å². The summed E-state index contributed by atoms with van der Waals surface area (Å²) in [5, 5.41) is 21.2. The number of carbonyl (C=O) groups is 3. The minimum absolute atomic E-state index is 0.113. The Morgan fingerprint density at radius 3 is 1.91 bits per heavy atom. The molecule has 2 rings (SSSR count). The summed E-state index contributed by atoms with van der Waals surface area (Å²) < 4.78 is 79.1. The van der Waals surface area contributed by atoms with Gasteiger partial charge in [0.25, 0.3) is 0 Å². The van der Waals surface area contributed by atoms with E-state index in [0.717, 1.165) is 30.3 Å². The summed E-state index contributed by atoms with van der Waals surface area (Å²) in [5.74, 6) is -2.39. The Hall–Kier alpha value is -3.51. The number of nitrogens with two attached hydrogens (primary N) is 3. The molecule has 0 aliphatic heterocycles. The molecular formula is C26H32BF6N5O5. The Morgan fingerprint density at radius 2 is 1.42 bits per heavy atom. The first-order chi connectivity index (χ1) is 20.0. The minimum Gasteiger partial charge on any atom is -0.423 e. The van der Waals surface area contributed by atoms with Gasteiger partial charge >= 0.3 is 19.5 Å². The van der Waals surface area contributed by atoms with Crippen molar-refractivity contribution >= 4 is 30.2 Å². The van der Waals surface area contributed by atoms with Crippen molar-refractivity contribution in [2.24, 2.45) is 17.2 Å². The van der Waals surface area contributed by atoms with E-state index in [1.165, 1.54) is 4.90 Å². The summed E-state index contributed by atoms with van der Waals surface area (Å²) >= 11 is 0. The van der Waals surface area contributed by atoms with Gasteiger partial charge in [-0.3, -0.25) is 14.4 Å². The number of hydrogen-bond donors (Lipinski definition) is 6. The maximum atomic E-state index is 13.4. The summed E-state index contributed by atoms with van der Waals surface area (Å²) in [6.45, 7) is 0.505. The summed E-state index contributed by atoms with van der Waals surface area (Å²) in [6, 6.07) is 2.76. The molecule has 10 nitrogen and oxygen atoms in total. The van der Waals surface area contributed by atoms with Crippen LogP contribution in [0.2, 0.25) is 0 Å². The average Bonchev–Trinajstić information content (AvgIpc) is 2.91. The van der Waals surface area contributed by atoms with Gasteiger partial charge in [-0.25, -0.2) is 0 Å². The number of nitrogens with zero attached hydrogens (tertiary/aromatic N) is 1. The topological polar surface area (TPSA) is 185 Å². The molecule has 43 heavy (non-hydrogen) atoms. The monoisotopic (exact) mass is 619 g/mol. The smallest absolute Gasteiger partial charge is 0.423 e. The Morgan fingerprint density at radius 1 is 0.860 bits per heavy atom. The second-order valence-corrected chi connectivity index (χ2v) is 9.71. The number of amides is 2. The van der Waals surface area contributed by atoms with Crippen LogP contribution in [0.25, 0.3) is 0 Å². The Kier molecular flexibility index (Phi) is 12.7. The van der Waals surface area contributed by atoms with E-state index >= 15 is 0 Å². The van der Waals surface area contributed by atoms with Gasteiger partial charge in [-0.1, -0.05) is 24.3 Å². The highest BCUT2D eigenvalue weighted by Gasteiger charge is 2.34. The number of Topliss-reactive ketones (excluding diaryl/α,β-unsaturated/α-hetero) is 1. The summed E-state index contributed by atoms with van der Waals surface area (Å²) in [4.78, 5) is 40.1. The fourth-order valence-corrected chi connectivity index (χ4v) is 4.13. The molecule has 0 aliphatic rings. The van der Waals surface area contributed by atoms with Crippen LogP contribution in [0.5, 0.6) is 0 Å². The van der Waals surface area contributed by atoms with Crippen LogP contribution < -0.4 is 28.0 Å². The Balaban J connectivity index is 2.34. The van der Waals surface area contributed by atoms with E-state index in [1.807, 2.05) is 0 Å². The van der Waals surface area contributed by atoms with Crippen molar-refractivity contribution in [3.05, 3.63) is 64.7 Å². The van der Waals surface area contributed by atoms with Gasteiger partial charge in [-0.2, -0.15) is 26.3 Å². The van der Waals surface area contributed by atoms with E-state index in [1.54, 1.807) is 0 Å². The van der Waals surface area contributed by atoms with Gasteiger partial charge in [0.05, 0.1) is 29.6 Å². The van der Waals surface area contributed by atoms with Gasteiger partial charge in [-0.15, -0.1) is 0 Å². The number of halogens is 6. The minimum atomic E-state index is -4.89. The first kappa shape index (κ1) is 35.7. The van der Waals surface area contributed by atoms with Gasteiger partial charge in [0.2, 0.25) is 11.8 Å². The highest BCUT2D eigenvalue weighted by atomic mass is 19.4. The number of hydrogen-bond acceptors (Lipinski definition) is 8. The normalized spacial score (nSPS) is 13.3. The van der Waals surface area contributed by atoms with E-state index in [4.69, 9.17) is 17.2 Å². The van der Waals surface area contributed by atoms with Crippen LogP contribution >= 0.6 is 0 Å². The Labute approximate surface area is 243 Å². The van der Waals surface area contributed by atoms with Crippen molar-refractivity contribution in [3.8, 4) is 0 Å². The van der Waals surface area contributed by atoms with E-state index in [0.29, 0.717) is 12.1 Å². The largest absolute Gasteiger partial charge is 0.488 e. The first-order valence-corrected chi connectivity index (χ1v) is 13.0. The maximum absolute atomic E-state index is 13.4. The van der Waals surface area contributed by atoms with Crippen LogP contribution in [0.1, 0.15) is 28.7 Å². The van der Waals surface area contributed by atoms with Crippen LogP contribution in [-0.4, -0.2) is 77.9 Å². The van der Waals surface area contributed by atoms with Crippen LogP contribution in [0, 0.1) is 0 Å². The van der Waals surface area contributed by atoms with Crippen LogP contribution in [0.15, 0.2) is 42.5 Å². The average molecular weight is 619 g/mol. The zero-order valence-corrected chi connectivity index (χ0v) is 22.8. The molecule has 0 saturated carbocycles. The third-order valence-corrected chi connectivity index (χ3v) is 6.33. The second-order valence-electron chi connectivity index (χ2n) is 9.71. The Bertz CT molecular complexity index is 1250. The van der Waals surface area contributed by atoms with Crippen LogP contribution in [-0.2, 0) is 39.6 Å². The molecule has 2 aromatic carbocycles. The molecule has 17 heteroatoms. The number of ketones is 1. The third-order valence-electron chi connectivity index (χ3n) is 6.33. The number of benzene rings is 2. The molecule has 0 radical (unpaired) electrons. The molecule has 0 spiro atoms. The number of nitrogens with one attached hydrogen (secondary N) is 1. The zero-order chi connectivity index (χ0) is 32.5. The molecule has 0 saturated heterocycles. The third kappa shape index (κ3) is 10.9. The quantitative estimate of drug-likeness (QED) is 0.123. The van der Waals surface area contributed by atoms with Gasteiger partial charge in [-0.05, 0) is 41.2 Å². The summed E-state index contributed by atoms with van der Waals surface area (Å²) in [7, 11) is -2.28. The standard InChI is InChI=1S/C26H32BF6N5O5/c28-25(29,30)17-3-1-15(2-4-17)11-21(37-24(41)20(36)14-23(40)38(7-5-34)8-6-35)22(39)12-16-9-18(26(31,32)33)13-19(10-16)27(42)43/h1-4,9-10,13,20-21,42-43H,5-8,11-12,14,34-36H2,(H,37,41)/t20-,21+/m0/s1. The van der Waals surface area contributed by atoms with Gasteiger partial charge < -0.3 is 37.5 Å². The molecule has 236 valence electrons. The molecule has 0 heterocycles. The van der Waals surface area contributed by atoms with Crippen molar-refractivity contribution in [1.82, 2.24) is 10.2 Å². The summed E-state index contributed by atoms with van der Waals surface area (Å²) in [5.41, 5.74) is 14.0. The predicted octanol–water partition coefficient (Wildman–Crippen LogP) is -0.293. The molecule has 0 unspecified atom stereocenters. The molecule has 2 aromatic rings. The van der Waals surface area contributed by atoms with Gasteiger partial charge in [0.15, 0.2) is 5.78 Å². The molecule has 0 fully saturated rings. The van der Waals surface area contributed by atoms with Gasteiger partial charge in [0.1, 0.15) is 0 Å². The molecule has 2 atom stereocenters. The molecular weight excluding hydrogens is 587 g/mol. The summed E-state index contributed by atoms with van der Waals surface area (Å²) in [6.07, 6.45) is -11.1. The SMILES string of the molecule is NCCN(CCN)C(=O)C[C@H](N)C(=O)N[C@H](Cc1ccc(C(F)(F)F)cc1)C(=O)Cc1cc(B(O)O)cc(C(F)(F)F)c1. The van der Waals surface area contributed by atoms with Crippen molar-refractivity contribution in [2.75, 3.05) is 26.2 Å². The maximum Gasteiger partial charge on any atom is 0.488 e. The van der Waals surface area contributed by atoms with E-state index in [9.17, 15) is 50.8 Å².